The van der Waals surface area contributed by atoms with E-state index >= 15 is 0 Å². The van der Waals surface area contributed by atoms with E-state index in [0.717, 1.165) is 11.1 Å². The van der Waals surface area contributed by atoms with Crippen LogP contribution in [0.5, 0.6) is 5.75 Å². The van der Waals surface area contributed by atoms with E-state index in [4.69, 9.17) is 4.74 Å². The Morgan fingerprint density at radius 3 is 2.60 bits per heavy atom. The first-order valence-corrected chi connectivity index (χ1v) is 8.03. The second kappa shape index (κ2) is 5.98. The van der Waals surface area contributed by atoms with Crippen molar-refractivity contribution in [2.24, 2.45) is 0 Å². The Labute approximate surface area is 144 Å². The summed E-state index contributed by atoms with van der Waals surface area (Å²) in [6.07, 6.45) is 1.70. The maximum absolute atomic E-state index is 11.6. The van der Waals surface area contributed by atoms with Crippen LogP contribution in [0, 0.1) is 0 Å². The van der Waals surface area contributed by atoms with Crippen LogP contribution in [0.1, 0.15) is 15.9 Å². The van der Waals surface area contributed by atoms with Crippen molar-refractivity contribution in [1.29, 1.82) is 0 Å². The summed E-state index contributed by atoms with van der Waals surface area (Å²) in [6.45, 7) is 0.599. The van der Waals surface area contributed by atoms with E-state index < -0.39 is 5.97 Å². The molecule has 0 aliphatic rings. The third kappa shape index (κ3) is 2.72. The van der Waals surface area contributed by atoms with Crippen molar-refractivity contribution in [3.05, 3.63) is 78.0 Å². The van der Waals surface area contributed by atoms with E-state index in [-0.39, 0.29) is 0 Å². The Balaban J connectivity index is 1.82. The molecule has 4 aromatic rings. The molecule has 124 valence electrons. The first kappa shape index (κ1) is 15.3. The van der Waals surface area contributed by atoms with Gasteiger partial charge in [0.25, 0.3) is 0 Å². The minimum Gasteiger partial charge on any atom is -0.497 e. The van der Waals surface area contributed by atoms with Crippen molar-refractivity contribution in [1.82, 2.24) is 4.57 Å². The van der Waals surface area contributed by atoms with Gasteiger partial charge in [0.2, 0.25) is 0 Å². The standard InChI is InChI=1S/C21H17NO3/c1-25-17-8-9-18-19(21(23)24)13-22(20(18)11-17)12-14-6-7-15-4-2-3-5-16(15)10-14/h2-11,13H,12H2,1H3,(H,23,24). The third-order valence-electron chi connectivity index (χ3n) is 4.49. The van der Waals surface area contributed by atoms with Crippen molar-refractivity contribution in [3.8, 4) is 5.75 Å². The second-order valence-corrected chi connectivity index (χ2v) is 6.04. The molecule has 1 N–H and O–H groups in total. The normalized spacial score (nSPS) is 11.1. The zero-order valence-electron chi connectivity index (χ0n) is 13.8. The molecule has 0 aliphatic carbocycles. The number of nitrogens with zero attached hydrogens (tertiary/aromatic N) is 1. The number of aromatic carboxylic acids is 1. The lowest BCUT2D eigenvalue weighted by atomic mass is 10.1. The van der Waals surface area contributed by atoms with Crippen LogP contribution in [-0.2, 0) is 6.54 Å². The number of benzene rings is 3. The molecule has 0 saturated heterocycles. The molecule has 1 heterocycles. The van der Waals surface area contributed by atoms with E-state index in [1.807, 2.05) is 22.8 Å². The molecule has 0 fully saturated rings. The molecule has 0 unspecified atom stereocenters. The molecule has 0 radical (unpaired) electrons. The van der Waals surface area contributed by atoms with Gasteiger partial charge in [0, 0.05) is 24.2 Å². The van der Waals surface area contributed by atoms with Gasteiger partial charge in [-0.3, -0.25) is 0 Å². The average molecular weight is 331 g/mol. The number of aromatic nitrogens is 1. The highest BCUT2D eigenvalue weighted by molar-refractivity contribution is 6.03. The van der Waals surface area contributed by atoms with Crippen molar-refractivity contribution in [3.63, 3.8) is 0 Å². The molecular formula is C21H17NO3. The average Bonchev–Trinajstić information content (AvgIpc) is 2.99. The predicted molar refractivity (Wildman–Crippen MR) is 98.5 cm³/mol. The third-order valence-corrected chi connectivity index (χ3v) is 4.49. The topological polar surface area (TPSA) is 51.5 Å². The number of hydrogen-bond donors (Lipinski definition) is 1. The molecule has 1 aromatic heterocycles. The van der Waals surface area contributed by atoms with E-state index in [0.29, 0.717) is 23.2 Å². The highest BCUT2D eigenvalue weighted by Crippen LogP contribution is 2.27. The van der Waals surface area contributed by atoms with Crippen molar-refractivity contribution in [2.75, 3.05) is 7.11 Å². The van der Waals surface area contributed by atoms with Gasteiger partial charge in [0.1, 0.15) is 5.75 Å². The number of methoxy groups -OCH3 is 1. The van der Waals surface area contributed by atoms with Gasteiger partial charge in [-0.05, 0) is 34.5 Å². The Bertz CT molecular complexity index is 1090. The Kier molecular flexibility index (Phi) is 3.65. The van der Waals surface area contributed by atoms with Crippen LogP contribution in [-0.4, -0.2) is 22.8 Å². The molecule has 0 amide bonds. The first-order chi connectivity index (χ1) is 12.2. The number of carboxylic acid groups (broad SMARTS) is 1. The maximum Gasteiger partial charge on any atom is 0.337 e. The van der Waals surface area contributed by atoms with Crippen molar-refractivity contribution >= 4 is 27.6 Å². The largest absolute Gasteiger partial charge is 0.497 e. The minimum absolute atomic E-state index is 0.304. The fourth-order valence-electron chi connectivity index (χ4n) is 3.23. The molecular weight excluding hydrogens is 314 g/mol. The Morgan fingerprint density at radius 2 is 1.84 bits per heavy atom. The highest BCUT2D eigenvalue weighted by atomic mass is 16.5. The van der Waals surface area contributed by atoms with E-state index in [1.165, 1.54) is 10.8 Å². The number of hydrogen-bond acceptors (Lipinski definition) is 2. The summed E-state index contributed by atoms with van der Waals surface area (Å²) in [6, 6.07) is 20.0. The summed E-state index contributed by atoms with van der Waals surface area (Å²) in [4.78, 5) is 11.6. The summed E-state index contributed by atoms with van der Waals surface area (Å²) < 4.78 is 7.26. The van der Waals surface area contributed by atoms with E-state index in [9.17, 15) is 9.90 Å². The van der Waals surface area contributed by atoms with Crippen LogP contribution >= 0.6 is 0 Å². The van der Waals surface area contributed by atoms with Crippen LogP contribution in [0.4, 0.5) is 0 Å². The van der Waals surface area contributed by atoms with Gasteiger partial charge in [-0.1, -0.05) is 36.4 Å². The van der Waals surface area contributed by atoms with Crippen LogP contribution in [0.15, 0.2) is 66.9 Å². The molecule has 0 saturated carbocycles. The van der Waals surface area contributed by atoms with Gasteiger partial charge in [0.15, 0.2) is 0 Å². The lowest BCUT2D eigenvalue weighted by Gasteiger charge is -2.08. The van der Waals surface area contributed by atoms with Gasteiger partial charge in [0.05, 0.1) is 18.2 Å². The fourth-order valence-corrected chi connectivity index (χ4v) is 3.23. The van der Waals surface area contributed by atoms with Crippen molar-refractivity contribution in [2.45, 2.75) is 6.54 Å². The zero-order valence-corrected chi connectivity index (χ0v) is 13.8. The maximum atomic E-state index is 11.6. The molecule has 4 nitrogen and oxygen atoms in total. The van der Waals surface area contributed by atoms with E-state index in [1.54, 1.807) is 25.4 Å². The Hall–Kier alpha value is -3.27. The molecule has 0 aliphatic heterocycles. The summed E-state index contributed by atoms with van der Waals surface area (Å²) in [5.74, 6) is -0.213. The fraction of sp³-hybridized carbons (Fsp3) is 0.0952. The highest BCUT2D eigenvalue weighted by Gasteiger charge is 2.15. The number of carboxylic acids is 1. The SMILES string of the molecule is COc1ccc2c(C(=O)O)cn(Cc3ccc4ccccc4c3)c2c1. The molecule has 4 rings (SSSR count). The number of fused-ring (bicyclic) bond motifs is 2. The summed E-state index contributed by atoms with van der Waals surface area (Å²) in [5.41, 5.74) is 2.28. The number of carbonyl (C=O) groups is 1. The minimum atomic E-state index is -0.924. The molecule has 0 atom stereocenters. The molecule has 0 spiro atoms. The van der Waals surface area contributed by atoms with Crippen LogP contribution in [0.2, 0.25) is 0 Å². The smallest absolute Gasteiger partial charge is 0.337 e. The van der Waals surface area contributed by atoms with Gasteiger partial charge < -0.3 is 14.4 Å². The van der Waals surface area contributed by atoms with Gasteiger partial charge >= 0.3 is 5.97 Å². The lowest BCUT2D eigenvalue weighted by molar-refractivity contribution is 0.0699. The van der Waals surface area contributed by atoms with Crippen LogP contribution < -0.4 is 4.74 Å². The summed E-state index contributed by atoms with van der Waals surface area (Å²) in [7, 11) is 1.61. The molecule has 25 heavy (non-hydrogen) atoms. The second-order valence-electron chi connectivity index (χ2n) is 6.04. The lowest BCUT2D eigenvalue weighted by Crippen LogP contribution is -1.99. The molecule has 3 aromatic carbocycles. The van der Waals surface area contributed by atoms with Gasteiger partial charge in [-0.15, -0.1) is 0 Å². The van der Waals surface area contributed by atoms with E-state index in [2.05, 4.69) is 30.3 Å². The van der Waals surface area contributed by atoms with Gasteiger partial charge in [-0.2, -0.15) is 0 Å². The van der Waals surface area contributed by atoms with Gasteiger partial charge in [-0.25, -0.2) is 4.79 Å². The zero-order chi connectivity index (χ0) is 17.4. The first-order valence-electron chi connectivity index (χ1n) is 8.03. The number of rotatable bonds is 4. The number of ether oxygens (including phenoxy) is 1. The summed E-state index contributed by atoms with van der Waals surface area (Å²) >= 11 is 0. The van der Waals surface area contributed by atoms with Crippen LogP contribution in [0.3, 0.4) is 0 Å². The van der Waals surface area contributed by atoms with Crippen LogP contribution in [0.25, 0.3) is 21.7 Å². The predicted octanol–water partition coefficient (Wildman–Crippen LogP) is 4.55. The quantitative estimate of drug-likeness (QED) is 0.597. The van der Waals surface area contributed by atoms with Crippen molar-refractivity contribution < 1.29 is 14.6 Å². The molecule has 4 heteroatoms. The summed E-state index contributed by atoms with van der Waals surface area (Å²) in [5, 5.41) is 12.6. The molecule has 0 bridgehead atoms. The monoisotopic (exact) mass is 331 g/mol. The Morgan fingerprint density at radius 1 is 1.04 bits per heavy atom.